The molecule has 1 aliphatic rings. The SMILES string of the molecule is Cc1nnc(OCC2CCCO2)c(C(=N)N)c1C. The summed E-state index contributed by atoms with van der Waals surface area (Å²) in [5, 5.41) is 15.6. The van der Waals surface area contributed by atoms with Crippen molar-refractivity contribution in [3.8, 4) is 5.88 Å². The summed E-state index contributed by atoms with van der Waals surface area (Å²) in [7, 11) is 0. The zero-order valence-electron chi connectivity index (χ0n) is 10.7. The minimum atomic E-state index is -0.0483. The Morgan fingerprint density at radius 3 is 2.89 bits per heavy atom. The Labute approximate surface area is 106 Å². The molecule has 1 unspecified atom stereocenters. The monoisotopic (exact) mass is 250 g/mol. The lowest BCUT2D eigenvalue weighted by Gasteiger charge is -2.14. The number of hydrogen-bond donors (Lipinski definition) is 2. The van der Waals surface area contributed by atoms with Crippen molar-refractivity contribution in [2.24, 2.45) is 5.73 Å². The zero-order valence-corrected chi connectivity index (χ0v) is 10.7. The van der Waals surface area contributed by atoms with E-state index in [-0.39, 0.29) is 11.9 Å². The Hall–Kier alpha value is -1.69. The van der Waals surface area contributed by atoms with E-state index in [0.29, 0.717) is 18.1 Å². The minimum Gasteiger partial charge on any atom is -0.473 e. The van der Waals surface area contributed by atoms with Gasteiger partial charge in [0.2, 0.25) is 5.88 Å². The summed E-state index contributed by atoms with van der Waals surface area (Å²) in [6, 6.07) is 0. The van der Waals surface area contributed by atoms with Gasteiger partial charge in [-0.1, -0.05) is 0 Å². The number of nitrogens with two attached hydrogens (primary N) is 1. The summed E-state index contributed by atoms with van der Waals surface area (Å²) >= 11 is 0. The van der Waals surface area contributed by atoms with Crippen LogP contribution in [0.15, 0.2) is 0 Å². The highest BCUT2D eigenvalue weighted by molar-refractivity contribution is 5.98. The quantitative estimate of drug-likeness (QED) is 0.612. The van der Waals surface area contributed by atoms with Crippen molar-refractivity contribution in [3.63, 3.8) is 0 Å². The van der Waals surface area contributed by atoms with Crippen molar-refractivity contribution in [3.05, 3.63) is 16.8 Å². The largest absolute Gasteiger partial charge is 0.473 e. The minimum absolute atomic E-state index is 0.0483. The molecule has 0 spiro atoms. The van der Waals surface area contributed by atoms with Crippen LogP contribution in [0, 0.1) is 19.3 Å². The molecule has 1 aromatic rings. The van der Waals surface area contributed by atoms with Crippen LogP contribution in [0.25, 0.3) is 0 Å². The Morgan fingerprint density at radius 2 is 2.28 bits per heavy atom. The number of nitrogens with zero attached hydrogens (tertiary/aromatic N) is 2. The van der Waals surface area contributed by atoms with Crippen LogP contribution >= 0.6 is 0 Å². The fraction of sp³-hybridized carbons (Fsp3) is 0.583. The molecule has 1 aliphatic heterocycles. The van der Waals surface area contributed by atoms with Crippen molar-refractivity contribution in [2.45, 2.75) is 32.8 Å². The second-order valence-corrected chi connectivity index (χ2v) is 4.45. The third-order valence-corrected chi connectivity index (χ3v) is 3.12. The van der Waals surface area contributed by atoms with E-state index in [4.69, 9.17) is 20.6 Å². The first kappa shape index (κ1) is 12.8. The normalized spacial score (nSPS) is 18.9. The lowest BCUT2D eigenvalue weighted by atomic mass is 10.1. The molecule has 98 valence electrons. The Bertz CT molecular complexity index is 456. The summed E-state index contributed by atoms with van der Waals surface area (Å²) in [5.74, 6) is 0.272. The summed E-state index contributed by atoms with van der Waals surface area (Å²) < 4.78 is 11.1. The van der Waals surface area contributed by atoms with Crippen molar-refractivity contribution >= 4 is 5.84 Å². The molecular weight excluding hydrogens is 232 g/mol. The Morgan fingerprint density at radius 1 is 1.50 bits per heavy atom. The first-order valence-electron chi connectivity index (χ1n) is 6.02. The van der Waals surface area contributed by atoms with E-state index < -0.39 is 0 Å². The highest BCUT2D eigenvalue weighted by atomic mass is 16.5. The molecule has 1 atom stereocenters. The molecule has 0 radical (unpaired) electrons. The molecule has 0 amide bonds. The van der Waals surface area contributed by atoms with Crippen LogP contribution in [0.1, 0.15) is 29.7 Å². The maximum absolute atomic E-state index is 7.60. The van der Waals surface area contributed by atoms with E-state index in [1.165, 1.54) is 0 Å². The van der Waals surface area contributed by atoms with E-state index in [2.05, 4.69) is 10.2 Å². The van der Waals surface area contributed by atoms with Gasteiger partial charge in [0.05, 0.1) is 17.4 Å². The predicted octanol–water partition coefficient (Wildman–Crippen LogP) is 0.935. The molecule has 0 bridgehead atoms. The van der Waals surface area contributed by atoms with Crippen molar-refractivity contribution < 1.29 is 9.47 Å². The molecule has 6 nitrogen and oxygen atoms in total. The third-order valence-electron chi connectivity index (χ3n) is 3.12. The average molecular weight is 250 g/mol. The maximum Gasteiger partial charge on any atom is 0.244 e. The van der Waals surface area contributed by atoms with Gasteiger partial charge in [-0.3, -0.25) is 5.41 Å². The molecular formula is C12H18N4O2. The van der Waals surface area contributed by atoms with Crippen LogP contribution < -0.4 is 10.5 Å². The van der Waals surface area contributed by atoms with Gasteiger partial charge in [0.1, 0.15) is 12.4 Å². The van der Waals surface area contributed by atoms with Gasteiger partial charge in [0.25, 0.3) is 0 Å². The van der Waals surface area contributed by atoms with Crippen LogP contribution in [0.4, 0.5) is 0 Å². The van der Waals surface area contributed by atoms with E-state index >= 15 is 0 Å². The van der Waals surface area contributed by atoms with E-state index in [0.717, 1.165) is 30.7 Å². The number of aromatic nitrogens is 2. The molecule has 1 fully saturated rings. The third kappa shape index (κ3) is 2.59. The molecule has 0 aliphatic carbocycles. The number of nitrogens with one attached hydrogen (secondary N) is 1. The number of rotatable bonds is 4. The second kappa shape index (κ2) is 5.30. The van der Waals surface area contributed by atoms with Crippen LogP contribution in [0.5, 0.6) is 5.88 Å². The first-order chi connectivity index (χ1) is 8.59. The summed E-state index contributed by atoms with van der Waals surface area (Å²) in [6.07, 6.45) is 2.16. The zero-order chi connectivity index (χ0) is 13.1. The summed E-state index contributed by atoms with van der Waals surface area (Å²) in [5.41, 5.74) is 7.69. The molecule has 1 saturated heterocycles. The molecule has 2 heterocycles. The lowest BCUT2D eigenvalue weighted by Crippen LogP contribution is -2.21. The molecule has 2 rings (SSSR count). The van der Waals surface area contributed by atoms with E-state index in [1.807, 2.05) is 13.8 Å². The molecule has 0 aromatic carbocycles. The standard InChI is InChI=1S/C12H18N4O2/c1-7-8(2)15-16-12(10(7)11(13)14)18-6-9-4-3-5-17-9/h9H,3-6H2,1-2H3,(H3,13,14). The van der Waals surface area contributed by atoms with Gasteiger partial charge >= 0.3 is 0 Å². The molecule has 6 heteroatoms. The van der Waals surface area contributed by atoms with Gasteiger partial charge in [-0.2, -0.15) is 5.10 Å². The second-order valence-electron chi connectivity index (χ2n) is 4.45. The van der Waals surface area contributed by atoms with Crippen LogP contribution in [-0.2, 0) is 4.74 Å². The number of ether oxygens (including phenoxy) is 2. The summed E-state index contributed by atoms with van der Waals surface area (Å²) in [4.78, 5) is 0. The van der Waals surface area contributed by atoms with Gasteiger partial charge in [-0.05, 0) is 32.3 Å². The molecule has 1 aromatic heterocycles. The number of hydrogen-bond acceptors (Lipinski definition) is 5. The smallest absolute Gasteiger partial charge is 0.244 e. The van der Waals surface area contributed by atoms with Crippen LogP contribution in [0.2, 0.25) is 0 Å². The topological polar surface area (TPSA) is 94.1 Å². The molecule has 18 heavy (non-hydrogen) atoms. The van der Waals surface area contributed by atoms with Crippen molar-refractivity contribution in [2.75, 3.05) is 13.2 Å². The fourth-order valence-corrected chi connectivity index (χ4v) is 1.95. The fourth-order valence-electron chi connectivity index (χ4n) is 1.95. The molecule has 0 saturated carbocycles. The van der Waals surface area contributed by atoms with Crippen LogP contribution in [-0.4, -0.2) is 35.4 Å². The predicted molar refractivity (Wildman–Crippen MR) is 67.0 cm³/mol. The van der Waals surface area contributed by atoms with Gasteiger partial charge in [0.15, 0.2) is 0 Å². The highest BCUT2D eigenvalue weighted by Crippen LogP contribution is 2.21. The Balaban J connectivity index is 2.16. The first-order valence-corrected chi connectivity index (χ1v) is 6.02. The van der Waals surface area contributed by atoms with Gasteiger partial charge < -0.3 is 15.2 Å². The number of nitrogen functional groups attached to an aromatic ring is 1. The molecule has 3 N–H and O–H groups in total. The number of aryl methyl sites for hydroxylation is 1. The van der Waals surface area contributed by atoms with Gasteiger partial charge in [0, 0.05) is 6.61 Å². The Kier molecular flexibility index (Phi) is 3.76. The van der Waals surface area contributed by atoms with Gasteiger partial charge in [-0.15, -0.1) is 5.10 Å². The highest BCUT2D eigenvalue weighted by Gasteiger charge is 2.19. The van der Waals surface area contributed by atoms with Crippen LogP contribution in [0.3, 0.4) is 0 Å². The van der Waals surface area contributed by atoms with Crippen molar-refractivity contribution in [1.82, 2.24) is 10.2 Å². The maximum atomic E-state index is 7.60. The number of amidine groups is 1. The van der Waals surface area contributed by atoms with E-state index in [1.54, 1.807) is 0 Å². The lowest BCUT2D eigenvalue weighted by molar-refractivity contribution is 0.0658. The van der Waals surface area contributed by atoms with E-state index in [9.17, 15) is 0 Å². The average Bonchev–Trinajstić information content (AvgIpc) is 2.83. The summed E-state index contributed by atoms with van der Waals surface area (Å²) in [6.45, 7) is 4.90. The van der Waals surface area contributed by atoms with Crippen molar-refractivity contribution in [1.29, 1.82) is 5.41 Å². The van der Waals surface area contributed by atoms with Gasteiger partial charge in [-0.25, -0.2) is 0 Å².